The van der Waals surface area contributed by atoms with Crippen LogP contribution in [0.15, 0.2) is 59.6 Å². The van der Waals surface area contributed by atoms with Crippen LogP contribution in [0.25, 0.3) is 10.9 Å². The third kappa shape index (κ3) is 3.96. The highest BCUT2D eigenvalue weighted by Gasteiger charge is 2.09. The Hall–Kier alpha value is -1.75. The minimum absolute atomic E-state index is 0.0997. The number of hydrogen-bond donors (Lipinski definition) is 1. The zero-order valence-corrected chi connectivity index (χ0v) is 14.3. The number of fused-ring (bicyclic) bond motifs is 1. The van der Waals surface area contributed by atoms with Gasteiger partial charge in [-0.1, -0.05) is 29.3 Å². The molecule has 3 rings (SSSR count). The van der Waals surface area contributed by atoms with Gasteiger partial charge in [0.25, 0.3) is 0 Å². The molecule has 1 N–H and O–H groups in total. The van der Waals surface area contributed by atoms with Gasteiger partial charge in [0.05, 0.1) is 22.0 Å². The van der Waals surface area contributed by atoms with Crippen molar-refractivity contribution >= 4 is 57.5 Å². The predicted octanol–water partition coefficient (Wildman–Crippen LogP) is 5.27. The Morgan fingerprint density at radius 2 is 2.00 bits per heavy atom. The maximum Gasteiger partial charge on any atom is 0.234 e. The first-order valence-electron chi connectivity index (χ1n) is 6.85. The van der Waals surface area contributed by atoms with Crippen LogP contribution < -0.4 is 5.32 Å². The van der Waals surface area contributed by atoms with E-state index in [0.29, 0.717) is 10.0 Å². The molecule has 116 valence electrons. The molecule has 0 radical (unpaired) electrons. The number of nitrogens with zero attached hydrogens (tertiary/aromatic N) is 1. The van der Waals surface area contributed by atoms with Crippen LogP contribution >= 0.6 is 35.0 Å². The molecule has 0 unspecified atom stereocenters. The van der Waals surface area contributed by atoms with Crippen molar-refractivity contribution < 1.29 is 4.79 Å². The quantitative estimate of drug-likeness (QED) is 0.642. The number of anilines is 1. The van der Waals surface area contributed by atoms with Crippen molar-refractivity contribution in [2.45, 2.75) is 4.90 Å². The molecule has 0 fully saturated rings. The van der Waals surface area contributed by atoms with Gasteiger partial charge in [0, 0.05) is 21.5 Å². The number of thioether (sulfide) groups is 1. The average Bonchev–Trinajstić information content (AvgIpc) is 2.54. The number of carbonyl (C=O) groups excluding carboxylic acids is 1. The Kier molecular flexibility index (Phi) is 5.06. The molecule has 0 saturated heterocycles. The number of benzene rings is 2. The van der Waals surface area contributed by atoms with Crippen molar-refractivity contribution in [1.29, 1.82) is 0 Å². The maximum absolute atomic E-state index is 12.2. The molecule has 3 aromatic rings. The summed E-state index contributed by atoms with van der Waals surface area (Å²) in [5, 5.41) is 4.95. The van der Waals surface area contributed by atoms with Crippen LogP contribution in [-0.4, -0.2) is 16.6 Å². The fraction of sp³-hybridized carbons (Fsp3) is 0.0588. The molecule has 2 aromatic carbocycles. The molecule has 0 saturated carbocycles. The monoisotopic (exact) mass is 362 g/mol. The van der Waals surface area contributed by atoms with E-state index in [1.54, 1.807) is 18.3 Å². The Morgan fingerprint density at radius 3 is 2.83 bits per heavy atom. The van der Waals surface area contributed by atoms with Gasteiger partial charge in [-0.3, -0.25) is 9.78 Å². The summed E-state index contributed by atoms with van der Waals surface area (Å²) in [6.07, 6.45) is 1.73. The highest BCUT2D eigenvalue weighted by Crippen LogP contribution is 2.30. The minimum Gasteiger partial charge on any atom is -0.325 e. The number of nitrogens with one attached hydrogen (secondary N) is 1. The first kappa shape index (κ1) is 16.1. The van der Waals surface area contributed by atoms with Crippen molar-refractivity contribution in [3.05, 3.63) is 64.8 Å². The van der Waals surface area contributed by atoms with E-state index < -0.39 is 0 Å². The maximum atomic E-state index is 12.2. The lowest BCUT2D eigenvalue weighted by molar-refractivity contribution is -0.113. The SMILES string of the molecule is O=C(CSc1ccc(Cl)cc1Cl)Nc1cccc2ncccc12. The van der Waals surface area contributed by atoms with Crippen molar-refractivity contribution in [3.63, 3.8) is 0 Å². The van der Waals surface area contributed by atoms with Gasteiger partial charge < -0.3 is 5.32 Å². The van der Waals surface area contributed by atoms with Crippen LogP contribution in [0.4, 0.5) is 5.69 Å². The van der Waals surface area contributed by atoms with Crippen LogP contribution in [0.2, 0.25) is 10.0 Å². The fourth-order valence-corrected chi connectivity index (χ4v) is 3.43. The van der Waals surface area contributed by atoms with E-state index in [9.17, 15) is 4.79 Å². The predicted molar refractivity (Wildman–Crippen MR) is 97.6 cm³/mol. The lowest BCUT2D eigenvalue weighted by Crippen LogP contribution is -2.14. The summed E-state index contributed by atoms with van der Waals surface area (Å²) < 4.78 is 0. The molecule has 6 heteroatoms. The van der Waals surface area contributed by atoms with Gasteiger partial charge in [-0.05, 0) is 42.5 Å². The van der Waals surface area contributed by atoms with E-state index in [0.717, 1.165) is 21.5 Å². The minimum atomic E-state index is -0.0997. The molecule has 3 nitrogen and oxygen atoms in total. The van der Waals surface area contributed by atoms with Gasteiger partial charge in [0.2, 0.25) is 5.91 Å². The number of halogens is 2. The molecular weight excluding hydrogens is 351 g/mol. The summed E-state index contributed by atoms with van der Waals surface area (Å²) in [6, 6.07) is 14.7. The molecular formula is C17H12Cl2N2OS. The van der Waals surface area contributed by atoms with E-state index in [4.69, 9.17) is 23.2 Å². The highest BCUT2D eigenvalue weighted by molar-refractivity contribution is 8.00. The summed E-state index contributed by atoms with van der Waals surface area (Å²) >= 11 is 13.3. The second-order valence-electron chi connectivity index (χ2n) is 4.79. The van der Waals surface area contributed by atoms with Gasteiger partial charge in [0.15, 0.2) is 0 Å². The summed E-state index contributed by atoms with van der Waals surface area (Å²) in [4.78, 5) is 17.3. The summed E-state index contributed by atoms with van der Waals surface area (Å²) in [7, 11) is 0. The zero-order chi connectivity index (χ0) is 16.2. The normalized spacial score (nSPS) is 10.7. The number of pyridine rings is 1. The number of aromatic nitrogens is 1. The van der Waals surface area contributed by atoms with Crippen LogP contribution in [0.3, 0.4) is 0 Å². The van der Waals surface area contributed by atoms with Crippen LogP contribution in [-0.2, 0) is 4.79 Å². The molecule has 1 aromatic heterocycles. The van der Waals surface area contributed by atoms with E-state index in [1.165, 1.54) is 11.8 Å². The van der Waals surface area contributed by atoms with E-state index >= 15 is 0 Å². The van der Waals surface area contributed by atoms with E-state index in [2.05, 4.69) is 10.3 Å². The Balaban J connectivity index is 1.69. The number of amides is 1. The van der Waals surface area contributed by atoms with Crippen LogP contribution in [0.5, 0.6) is 0 Å². The van der Waals surface area contributed by atoms with Crippen molar-refractivity contribution in [2.75, 3.05) is 11.1 Å². The van der Waals surface area contributed by atoms with Gasteiger partial charge in [0.1, 0.15) is 0 Å². The highest BCUT2D eigenvalue weighted by atomic mass is 35.5. The summed E-state index contributed by atoms with van der Waals surface area (Å²) in [5.41, 5.74) is 1.60. The first-order valence-corrected chi connectivity index (χ1v) is 8.59. The van der Waals surface area contributed by atoms with Crippen LogP contribution in [0, 0.1) is 0 Å². The van der Waals surface area contributed by atoms with Crippen molar-refractivity contribution in [2.24, 2.45) is 0 Å². The molecule has 0 spiro atoms. The first-order chi connectivity index (χ1) is 11.1. The molecule has 0 aliphatic heterocycles. The zero-order valence-electron chi connectivity index (χ0n) is 11.9. The van der Waals surface area contributed by atoms with Gasteiger partial charge in [-0.25, -0.2) is 0 Å². The van der Waals surface area contributed by atoms with Crippen molar-refractivity contribution in [1.82, 2.24) is 4.98 Å². The third-order valence-corrected chi connectivity index (χ3v) is 4.91. The van der Waals surface area contributed by atoms with E-state index in [1.807, 2.05) is 36.4 Å². The molecule has 0 bridgehead atoms. The second-order valence-corrected chi connectivity index (χ2v) is 6.65. The summed E-state index contributed by atoms with van der Waals surface area (Å²) in [6.45, 7) is 0. The van der Waals surface area contributed by atoms with Crippen molar-refractivity contribution in [3.8, 4) is 0 Å². The lowest BCUT2D eigenvalue weighted by atomic mass is 10.2. The largest absolute Gasteiger partial charge is 0.325 e. The lowest BCUT2D eigenvalue weighted by Gasteiger charge is -2.09. The molecule has 0 aliphatic carbocycles. The van der Waals surface area contributed by atoms with E-state index in [-0.39, 0.29) is 11.7 Å². The molecule has 0 aliphatic rings. The third-order valence-electron chi connectivity index (χ3n) is 3.17. The standard InChI is InChI=1S/C17H12Cl2N2OS/c18-11-6-7-16(13(19)9-11)23-10-17(22)21-15-5-1-4-14-12(15)3-2-8-20-14/h1-9H,10H2,(H,21,22). The smallest absolute Gasteiger partial charge is 0.234 e. The Labute approximate surface area is 148 Å². The molecule has 1 amide bonds. The Bertz CT molecular complexity index is 865. The molecule has 0 atom stereocenters. The molecule has 1 heterocycles. The number of hydrogen-bond acceptors (Lipinski definition) is 3. The average molecular weight is 363 g/mol. The Morgan fingerprint density at radius 1 is 1.13 bits per heavy atom. The number of carbonyl (C=O) groups is 1. The fourth-order valence-electron chi connectivity index (χ4n) is 2.13. The summed E-state index contributed by atoms with van der Waals surface area (Å²) in [5.74, 6) is 0.162. The second kappa shape index (κ2) is 7.21. The van der Waals surface area contributed by atoms with Gasteiger partial charge >= 0.3 is 0 Å². The topological polar surface area (TPSA) is 42.0 Å². The van der Waals surface area contributed by atoms with Gasteiger partial charge in [-0.15, -0.1) is 11.8 Å². The van der Waals surface area contributed by atoms with Gasteiger partial charge in [-0.2, -0.15) is 0 Å². The van der Waals surface area contributed by atoms with Crippen LogP contribution in [0.1, 0.15) is 0 Å². The molecule has 23 heavy (non-hydrogen) atoms. The number of rotatable bonds is 4.